The number of rotatable bonds is 32. The van der Waals surface area contributed by atoms with E-state index in [1.807, 2.05) is 36.4 Å². The molecule has 0 spiro atoms. The quantitative estimate of drug-likeness (QED) is 0.0145. The average molecular weight is 1220 g/mol. The fourth-order valence-electron chi connectivity index (χ4n) is 8.87. The third-order valence-electron chi connectivity index (χ3n) is 13.0. The molecule has 434 valence electrons. The maximum absolute atomic E-state index is 14.6. The highest BCUT2D eigenvalue weighted by Gasteiger charge is 2.40. The van der Waals surface area contributed by atoms with Crippen LogP contribution in [0.5, 0.6) is 5.75 Å². The van der Waals surface area contributed by atoms with Crippen molar-refractivity contribution in [2.24, 2.45) is 45.3 Å². The Bertz CT molecular complexity index is 2680. The summed E-state index contributed by atoms with van der Waals surface area (Å²) in [4.78, 5) is 141. The van der Waals surface area contributed by atoms with Gasteiger partial charge in [0.05, 0.1) is 9.61 Å². The highest BCUT2D eigenvalue weighted by atomic mass is 127. The van der Waals surface area contributed by atoms with Gasteiger partial charge in [-0.1, -0.05) is 80.6 Å². The number of hydrogen-bond donors (Lipinski definition) is 13. The Labute approximate surface area is 477 Å². The van der Waals surface area contributed by atoms with E-state index >= 15 is 0 Å². The molecule has 4 rings (SSSR count). The first-order valence-electron chi connectivity index (χ1n) is 26.3. The smallest absolute Gasteiger partial charge is 0.245 e. The van der Waals surface area contributed by atoms with Crippen LogP contribution < -0.4 is 66.3 Å². The van der Waals surface area contributed by atoms with Crippen LogP contribution in [-0.4, -0.2) is 136 Å². The fourth-order valence-corrected chi connectivity index (χ4v) is 9.45. The molecule has 0 radical (unpaired) electrons. The molecule has 0 saturated carbocycles. The van der Waals surface area contributed by atoms with Crippen molar-refractivity contribution in [3.63, 3.8) is 0 Å². The molecular formula is C54H75IN14O11. The normalized spacial score (nSPS) is 15.6. The molecule has 10 amide bonds. The molecule has 1 saturated heterocycles. The van der Waals surface area contributed by atoms with E-state index in [1.165, 1.54) is 11.0 Å². The lowest BCUT2D eigenvalue weighted by atomic mass is 9.99. The number of amides is 10. The van der Waals surface area contributed by atoms with Crippen LogP contribution in [0, 0.1) is 9.49 Å². The van der Waals surface area contributed by atoms with E-state index in [1.54, 1.807) is 72.8 Å². The van der Waals surface area contributed by atoms with Gasteiger partial charge in [0, 0.05) is 38.8 Å². The summed E-state index contributed by atoms with van der Waals surface area (Å²) in [7, 11) is 0. The third-order valence-corrected chi connectivity index (χ3v) is 13.9. The third kappa shape index (κ3) is 21.7. The lowest BCUT2D eigenvalue weighted by molar-refractivity contribution is -0.143. The molecule has 1 aliphatic heterocycles. The molecule has 8 unspecified atom stereocenters. The van der Waals surface area contributed by atoms with Gasteiger partial charge in [0.15, 0.2) is 5.96 Å². The molecular weight excluding hydrogens is 1150 g/mol. The minimum absolute atomic E-state index is 0.00502. The lowest BCUT2D eigenvalue weighted by Crippen LogP contribution is -2.60. The fraction of sp³-hybridized carbons (Fsp3) is 0.463. The summed E-state index contributed by atoms with van der Waals surface area (Å²) in [6, 6.07) is 11.8. The monoisotopic (exact) mass is 1220 g/mol. The molecule has 80 heavy (non-hydrogen) atoms. The highest BCUT2D eigenvalue weighted by Crippen LogP contribution is 2.23. The molecule has 25 nitrogen and oxygen atoms in total. The molecule has 3 aromatic rings. The number of phenols is 1. The molecule has 3 aromatic carbocycles. The molecule has 0 aliphatic carbocycles. The van der Waals surface area contributed by atoms with Gasteiger partial charge >= 0.3 is 0 Å². The molecule has 1 aliphatic rings. The molecule has 0 bridgehead atoms. The van der Waals surface area contributed by atoms with Crippen LogP contribution in [0.3, 0.4) is 0 Å². The van der Waals surface area contributed by atoms with E-state index in [2.05, 4.69) is 36.9 Å². The van der Waals surface area contributed by atoms with Crippen molar-refractivity contribution < 1.29 is 53.1 Å². The molecule has 8 atom stereocenters. The zero-order valence-electron chi connectivity index (χ0n) is 44.9. The molecule has 1 heterocycles. The maximum Gasteiger partial charge on any atom is 0.245 e. The number of phenolic OH excluding ortho intramolecular Hbond substituents is 1. The van der Waals surface area contributed by atoms with Crippen LogP contribution in [0.1, 0.15) is 88.3 Å². The molecule has 1 fully saturated rings. The van der Waals surface area contributed by atoms with Gasteiger partial charge in [-0.2, -0.15) is 0 Å². The molecule has 0 aromatic heterocycles. The van der Waals surface area contributed by atoms with Gasteiger partial charge in [-0.3, -0.25) is 52.9 Å². The largest absolute Gasteiger partial charge is 0.507 e. The number of nitrogens with zero attached hydrogens (tertiary/aromatic N) is 2. The van der Waals surface area contributed by atoms with Gasteiger partial charge in [-0.25, -0.2) is 0 Å². The number of primary amides is 3. The van der Waals surface area contributed by atoms with Gasteiger partial charge in [-0.15, -0.1) is 0 Å². The first kappa shape index (κ1) is 64.6. The van der Waals surface area contributed by atoms with E-state index in [0.29, 0.717) is 20.3 Å². The van der Waals surface area contributed by atoms with Crippen molar-refractivity contribution in [1.82, 2.24) is 36.8 Å². The SMILES string of the molecule is CC(C)CC(NC(=O)C(N)Cc1ccc(O)c(I)c1)C(=O)NC(Cc1ccccc1)C(=O)NC(CCC(N)=O)C(=O)N1CCCC1C(=O)NC(CCC(N)=O)C(=O)NC(CCCN=C(N)N)C(=O)NC(Cc1ccccc1)C(N)=O. The Hall–Kier alpha value is -7.88. The zero-order valence-corrected chi connectivity index (χ0v) is 47.0. The van der Waals surface area contributed by atoms with Crippen LogP contribution in [0.15, 0.2) is 83.9 Å². The number of halogens is 1. The van der Waals surface area contributed by atoms with Crippen LogP contribution in [-0.2, 0) is 67.2 Å². The predicted octanol–water partition coefficient (Wildman–Crippen LogP) is -1.63. The van der Waals surface area contributed by atoms with Crippen molar-refractivity contribution >= 4 is 87.6 Å². The van der Waals surface area contributed by atoms with Gasteiger partial charge in [0.2, 0.25) is 59.1 Å². The summed E-state index contributed by atoms with van der Waals surface area (Å²) in [5, 5.41) is 25.9. The lowest BCUT2D eigenvalue weighted by Gasteiger charge is -2.31. The second kappa shape index (κ2) is 32.3. The van der Waals surface area contributed by atoms with E-state index in [9.17, 15) is 53.1 Å². The zero-order chi connectivity index (χ0) is 59.1. The summed E-state index contributed by atoms with van der Waals surface area (Å²) in [6.07, 6.45) is -0.792. The number of aliphatic imine (C=N–C) groups is 1. The van der Waals surface area contributed by atoms with Crippen molar-refractivity contribution in [3.05, 3.63) is 99.1 Å². The number of nitrogens with one attached hydrogen (secondary N) is 6. The summed E-state index contributed by atoms with van der Waals surface area (Å²) in [5.74, 6) is -8.31. The van der Waals surface area contributed by atoms with Gasteiger partial charge in [0.25, 0.3) is 0 Å². The minimum Gasteiger partial charge on any atom is -0.507 e. The second-order valence-electron chi connectivity index (χ2n) is 20.0. The van der Waals surface area contributed by atoms with E-state index in [-0.39, 0.29) is 101 Å². The van der Waals surface area contributed by atoms with E-state index in [4.69, 9.17) is 34.4 Å². The maximum atomic E-state index is 14.6. The van der Waals surface area contributed by atoms with Gasteiger partial charge < -0.3 is 76.3 Å². The second-order valence-corrected chi connectivity index (χ2v) is 21.2. The van der Waals surface area contributed by atoms with Gasteiger partial charge in [-0.05, 0) is 109 Å². The highest BCUT2D eigenvalue weighted by molar-refractivity contribution is 14.1. The Morgan fingerprint density at radius 2 is 1.11 bits per heavy atom. The summed E-state index contributed by atoms with van der Waals surface area (Å²) in [6.45, 7) is 3.73. The van der Waals surface area contributed by atoms with Gasteiger partial charge in [0.1, 0.15) is 48.0 Å². The number of carbonyl (C=O) groups excluding carboxylic acids is 10. The minimum atomic E-state index is -1.51. The van der Waals surface area contributed by atoms with Crippen LogP contribution >= 0.6 is 22.6 Å². The standard InChI is InChI=1S/C54H75IN14O11/c1-30(2)25-40(67-47(74)35(56)27-33-17-20-43(70)34(55)26-33)50(77)68-41(29-32-13-7-4-8-14-32)51(78)65-38(19-22-45(58)72)53(80)69-24-10-16-42(69)52(79)64-37(18-21-44(57)71)49(76)63-36(15-9-23-62-54(60)61)48(75)66-39(46(59)73)28-31-11-5-3-6-12-31/h3-8,11-14,17,20,26,30,35-42,70H,9-10,15-16,18-19,21-25,27-29,56H2,1-2H3,(H2,57,71)(H2,58,72)(H2,59,73)(H,63,76)(H,64,79)(H,65,78)(H,66,75)(H,67,74)(H,68,77)(H4,60,61,62). The number of aromatic hydroxyl groups is 1. The first-order valence-corrected chi connectivity index (χ1v) is 27.3. The summed E-state index contributed by atoms with van der Waals surface area (Å²) < 4.78 is 0.559. The molecule has 19 N–H and O–H groups in total. The Morgan fingerprint density at radius 1 is 0.613 bits per heavy atom. The number of benzene rings is 3. The number of hydrogen-bond acceptors (Lipinski definition) is 13. The van der Waals surface area contributed by atoms with Crippen LogP contribution in [0.2, 0.25) is 0 Å². The number of guanidine groups is 1. The number of likely N-dealkylation sites (tertiary alicyclic amines) is 1. The van der Waals surface area contributed by atoms with E-state index < -0.39 is 114 Å². The van der Waals surface area contributed by atoms with Crippen LogP contribution in [0.4, 0.5) is 0 Å². The van der Waals surface area contributed by atoms with Crippen molar-refractivity contribution in [2.45, 2.75) is 139 Å². The topological polar surface area (TPSA) is 435 Å². The summed E-state index contributed by atoms with van der Waals surface area (Å²) >= 11 is 1.95. The van der Waals surface area contributed by atoms with Crippen LogP contribution in [0.25, 0.3) is 0 Å². The molecule has 26 heteroatoms. The summed E-state index contributed by atoms with van der Waals surface area (Å²) in [5.41, 5.74) is 35.9. The Morgan fingerprint density at radius 3 is 1.66 bits per heavy atom. The van der Waals surface area contributed by atoms with Crippen molar-refractivity contribution in [2.75, 3.05) is 13.1 Å². The Kier molecular flexibility index (Phi) is 26.1. The Balaban J connectivity index is 1.57. The van der Waals surface area contributed by atoms with E-state index in [0.717, 1.165) is 0 Å². The van der Waals surface area contributed by atoms with Crippen molar-refractivity contribution in [3.8, 4) is 5.75 Å². The number of carbonyl (C=O) groups is 10. The number of nitrogens with two attached hydrogens (primary N) is 6. The van der Waals surface area contributed by atoms with Crippen molar-refractivity contribution in [1.29, 1.82) is 0 Å². The first-order chi connectivity index (χ1) is 37.9. The average Bonchev–Trinajstić information content (AvgIpc) is 3.92. The predicted molar refractivity (Wildman–Crippen MR) is 305 cm³/mol.